The van der Waals surface area contributed by atoms with Crippen LogP contribution in [0.2, 0.25) is 0 Å². The largest absolute Gasteiger partial charge is 0.384 e. The van der Waals surface area contributed by atoms with Crippen molar-refractivity contribution in [2.24, 2.45) is 7.05 Å². The van der Waals surface area contributed by atoms with Crippen LogP contribution in [0.3, 0.4) is 0 Å². The lowest BCUT2D eigenvalue weighted by Crippen LogP contribution is -2.00. The van der Waals surface area contributed by atoms with E-state index >= 15 is 0 Å². The Morgan fingerprint density at radius 2 is 2.06 bits per heavy atom. The fraction of sp³-hybridized carbons (Fsp3) is 0.308. The van der Waals surface area contributed by atoms with Crippen molar-refractivity contribution in [3.8, 4) is 11.3 Å². The van der Waals surface area contributed by atoms with E-state index in [9.17, 15) is 4.39 Å². The lowest BCUT2D eigenvalue weighted by Gasteiger charge is -2.07. The van der Waals surface area contributed by atoms with Gasteiger partial charge in [0.15, 0.2) is 0 Å². The lowest BCUT2D eigenvalue weighted by atomic mass is 9.98. The molecule has 0 aliphatic carbocycles. The Bertz CT molecular complexity index is 590. The number of hydrogen-bond donors (Lipinski definition) is 1. The molecule has 3 nitrogen and oxygen atoms in total. The fourth-order valence-corrected chi connectivity index (χ4v) is 2.23. The van der Waals surface area contributed by atoms with Gasteiger partial charge in [-0.15, -0.1) is 0 Å². The molecule has 0 aliphatic rings. The molecule has 0 atom stereocenters. The van der Waals surface area contributed by atoms with Crippen molar-refractivity contribution in [1.82, 2.24) is 9.78 Å². The zero-order valence-electron chi connectivity index (χ0n) is 10.5. The van der Waals surface area contributed by atoms with Gasteiger partial charge < -0.3 is 5.73 Å². The molecule has 18 heavy (non-hydrogen) atoms. The summed E-state index contributed by atoms with van der Waals surface area (Å²) in [5.41, 5.74) is 8.45. The predicted octanol–water partition coefficient (Wildman–Crippen LogP) is 3.69. The normalized spacial score (nSPS) is 11.2. The second-order valence-electron chi connectivity index (χ2n) is 4.55. The van der Waals surface area contributed by atoms with Crippen molar-refractivity contribution < 1.29 is 4.39 Å². The quantitative estimate of drug-likeness (QED) is 0.919. The van der Waals surface area contributed by atoms with E-state index < -0.39 is 0 Å². The second-order valence-corrected chi connectivity index (χ2v) is 5.41. The second kappa shape index (κ2) is 4.72. The van der Waals surface area contributed by atoms with Crippen LogP contribution < -0.4 is 5.73 Å². The van der Waals surface area contributed by atoms with Gasteiger partial charge in [-0.3, -0.25) is 4.68 Å². The van der Waals surface area contributed by atoms with Gasteiger partial charge in [0.05, 0.1) is 10.2 Å². The minimum Gasteiger partial charge on any atom is -0.384 e. The summed E-state index contributed by atoms with van der Waals surface area (Å²) in [6.45, 7) is 4.10. The van der Waals surface area contributed by atoms with Crippen LogP contribution in [0.25, 0.3) is 11.3 Å². The zero-order chi connectivity index (χ0) is 13.4. The first-order valence-corrected chi connectivity index (χ1v) is 6.49. The van der Waals surface area contributed by atoms with E-state index in [1.165, 1.54) is 6.07 Å². The van der Waals surface area contributed by atoms with Crippen molar-refractivity contribution in [2.45, 2.75) is 19.8 Å². The maximum Gasteiger partial charge on any atom is 0.138 e. The van der Waals surface area contributed by atoms with Gasteiger partial charge in [-0.1, -0.05) is 19.9 Å². The molecule has 2 aromatic rings. The topological polar surface area (TPSA) is 43.8 Å². The van der Waals surface area contributed by atoms with Crippen LogP contribution in [0.1, 0.15) is 25.3 Å². The minimum atomic E-state index is -0.300. The number of halogens is 2. The van der Waals surface area contributed by atoms with Gasteiger partial charge in [0.2, 0.25) is 0 Å². The van der Waals surface area contributed by atoms with Crippen LogP contribution in [0, 0.1) is 5.82 Å². The number of benzene rings is 1. The molecular weight excluding hydrogens is 297 g/mol. The van der Waals surface area contributed by atoms with Crippen molar-refractivity contribution >= 4 is 21.7 Å². The smallest absolute Gasteiger partial charge is 0.138 e. The fourth-order valence-electron chi connectivity index (χ4n) is 1.98. The van der Waals surface area contributed by atoms with Gasteiger partial charge in [0.25, 0.3) is 0 Å². The minimum absolute atomic E-state index is 0.236. The van der Waals surface area contributed by atoms with Crippen LogP contribution in [0.15, 0.2) is 22.7 Å². The van der Waals surface area contributed by atoms with E-state index in [4.69, 9.17) is 5.73 Å². The van der Waals surface area contributed by atoms with Crippen LogP contribution in [-0.2, 0) is 7.05 Å². The van der Waals surface area contributed by atoms with Crippen molar-refractivity contribution in [1.29, 1.82) is 0 Å². The molecule has 1 aromatic heterocycles. The van der Waals surface area contributed by atoms with Crippen molar-refractivity contribution in [3.05, 3.63) is 34.1 Å². The summed E-state index contributed by atoms with van der Waals surface area (Å²) in [5.74, 6) is 0.565. The van der Waals surface area contributed by atoms with Crippen LogP contribution in [0.5, 0.6) is 0 Å². The highest BCUT2D eigenvalue weighted by Gasteiger charge is 2.18. The summed E-state index contributed by atoms with van der Waals surface area (Å²) < 4.78 is 15.7. The molecule has 1 aromatic carbocycles. The van der Waals surface area contributed by atoms with E-state index in [1.54, 1.807) is 17.8 Å². The Hall–Kier alpha value is -1.36. The third-order valence-electron chi connectivity index (χ3n) is 2.90. The van der Waals surface area contributed by atoms with Gasteiger partial charge in [-0.25, -0.2) is 4.39 Å². The Labute approximate surface area is 114 Å². The Morgan fingerprint density at radius 1 is 1.39 bits per heavy atom. The number of nitrogens with zero attached hydrogens (tertiary/aromatic N) is 2. The molecule has 0 unspecified atom stereocenters. The SMILES string of the molecule is CC(C)c1c(-c2ccc(Br)c(F)c2)nn(C)c1N. The summed E-state index contributed by atoms with van der Waals surface area (Å²) >= 11 is 3.14. The van der Waals surface area contributed by atoms with E-state index in [0.717, 1.165) is 16.8 Å². The van der Waals surface area contributed by atoms with Gasteiger partial charge in [-0.05, 0) is 34.0 Å². The number of nitrogens with two attached hydrogens (primary N) is 1. The van der Waals surface area contributed by atoms with Crippen LogP contribution in [-0.4, -0.2) is 9.78 Å². The summed E-state index contributed by atoms with van der Waals surface area (Å²) in [6.07, 6.45) is 0. The van der Waals surface area contributed by atoms with Crippen LogP contribution >= 0.6 is 15.9 Å². The molecule has 96 valence electrons. The molecular formula is C13H15BrFN3. The number of rotatable bonds is 2. The Balaban J connectivity index is 2.63. The Kier molecular flexibility index (Phi) is 3.43. The van der Waals surface area contributed by atoms with Crippen molar-refractivity contribution in [3.63, 3.8) is 0 Å². The van der Waals surface area contributed by atoms with Gasteiger partial charge in [-0.2, -0.15) is 5.10 Å². The van der Waals surface area contributed by atoms with E-state index in [-0.39, 0.29) is 11.7 Å². The molecule has 0 saturated carbocycles. The predicted molar refractivity (Wildman–Crippen MR) is 74.8 cm³/mol. The Morgan fingerprint density at radius 3 is 2.61 bits per heavy atom. The number of aryl methyl sites for hydroxylation is 1. The number of nitrogen functional groups attached to an aromatic ring is 1. The molecule has 0 fully saturated rings. The monoisotopic (exact) mass is 311 g/mol. The maximum atomic E-state index is 13.6. The molecule has 0 amide bonds. The molecule has 0 saturated heterocycles. The molecule has 2 N–H and O–H groups in total. The summed E-state index contributed by atoms with van der Waals surface area (Å²) in [7, 11) is 1.79. The standard InChI is InChI=1S/C13H15BrFN3/c1-7(2)11-12(17-18(3)13(11)16)8-4-5-9(14)10(15)6-8/h4-7H,16H2,1-3H3. The van der Waals surface area contributed by atoms with Crippen molar-refractivity contribution in [2.75, 3.05) is 5.73 Å². The molecule has 0 aliphatic heterocycles. The zero-order valence-corrected chi connectivity index (χ0v) is 12.1. The van der Waals surface area contributed by atoms with Crippen LogP contribution in [0.4, 0.5) is 10.2 Å². The summed E-state index contributed by atoms with van der Waals surface area (Å²) in [6, 6.07) is 4.98. The first kappa shape index (κ1) is 13.1. The number of aromatic nitrogens is 2. The average molecular weight is 312 g/mol. The first-order chi connectivity index (χ1) is 8.41. The summed E-state index contributed by atoms with van der Waals surface area (Å²) in [4.78, 5) is 0. The van der Waals surface area contributed by atoms with Gasteiger partial charge in [0, 0.05) is 18.2 Å². The highest BCUT2D eigenvalue weighted by molar-refractivity contribution is 9.10. The average Bonchev–Trinajstić information content (AvgIpc) is 2.59. The highest BCUT2D eigenvalue weighted by atomic mass is 79.9. The molecule has 0 spiro atoms. The first-order valence-electron chi connectivity index (χ1n) is 5.69. The third kappa shape index (κ3) is 2.14. The molecule has 2 rings (SSSR count). The van der Waals surface area contributed by atoms with Gasteiger partial charge in [0.1, 0.15) is 11.6 Å². The highest BCUT2D eigenvalue weighted by Crippen LogP contribution is 2.33. The van der Waals surface area contributed by atoms with E-state index in [1.807, 2.05) is 19.9 Å². The lowest BCUT2D eigenvalue weighted by molar-refractivity contribution is 0.621. The molecule has 0 bridgehead atoms. The number of anilines is 1. The number of hydrogen-bond acceptors (Lipinski definition) is 2. The van der Waals surface area contributed by atoms with E-state index in [2.05, 4.69) is 21.0 Å². The molecule has 0 radical (unpaired) electrons. The third-order valence-corrected chi connectivity index (χ3v) is 3.54. The molecule has 5 heteroatoms. The van der Waals surface area contributed by atoms with E-state index in [0.29, 0.717) is 10.3 Å². The summed E-state index contributed by atoms with van der Waals surface area (Å²) in [5, 5.41) is 4.38. The molecule has 1 heterocycles. The van der Waals surface area contributed by atoms with Gasteiger partial charge >= 0.3 is 0 Å². The maximum absolute atomic E-state index is 13.6.